The van der Waals surface area contributed by atoms with Crippen LogP contribution in [-0.4, -0.2) is 115 Å². The van der Waals surface area contributed by atoms with Gasteiger partial charge in [-0.25, -0.2) is 0 Å². The number of hydrogen-bond acceptors (Lipinski definition) is 11. The van der Waals surface area contributed by atoms with Crippen molar-refractivity contribution in [1.82, 2.24) is 5.32 Å². The van der Waals surface area contributed by atoms with E-state index in [4.69, 9.17) is 14.6 Å². The molecule has 9 N–H and O–H groups in total. The van der Waals surface area contributed by atoms with E-state index in [2.05, 4.69) is 11.9 Å². The van der Waals surface area contributed by atoms with Crippen molar-refractivity contribution in [3.63, 3.8) is 0 Å². The first-order chi connectivity index (χ1) is 15.7. The van der Waals surface area contributed by atoms with Crippen molar-refractivity contribution in [2.45, 2.75) is 61.2 Å². The van der Waals surface area contributed by atoms with Gasteiger partial charge in [-0.3, -0.25) is 4.79 Å². The average Bonchev–Trinajstić information content (AvgIpc) is 2.84. The highest BCUT2D eigenvalue weighted by molar-refractivity contribution is 5.82. The first kappa shape index (κ1) is 27.3. The molecule has 1 aliphatic rings. The van der Waals surface area contributed by atoms with Gasteiger partial charge in [0.2, 0.25) is 0 Å². The summed E-state index contributed by atoms with van der Waals surface area (Å²) in [6.07, 6.45) is -15.2. The third kappa shape index (κ3) is 6.55. The van der Waals surface area contributed by atoms with Crippen LogP contribution >= 0.6 is 0 Å². The van der Waals surface area contributed by atoms with Crippen molar-refractivity contribution in [1.29, 1.82) is 0 Å². The third-order valence-corrected chi connectivity index (χ3v) is 5.32. The second kappa shape index (κ2) is 12.5. The fourth-order valence-corrected chi connectivity index (χ4v) is 3.31. The number of hydrogen-bond donors (Lipinski definition) is 9. The highest BCUT2D eigenvalue weighted by atomic mass is 16.7. The molecule has 2 rings (SSSR count). The van der Waals surface area contributed by atoms with Crippen LogP contribution in [0.4, 0.5) is 0 Å². The molecule has 12 nitrogen and oxygen atoms in total. The summed E-state index contributed by atoms with van der Waals surface area (Å²) in [6.45, 7) is 1.94. The van der Waals surface area contributed by atoms with E-state index in [1.54, 1.807) is 30.3 Å². The first-order valence-electron chi connectivity index (χ1n) is 10.2. The monoisotopic (exact) mass is 473 g/mol. The minimum Gasteiger partial charge on any atom is -0.394 e. The van der Waals surface area contributed by atoms with E-state index in [1.165, 1.54) is 6.08 Å². The van der Waals surface area contributed by atoms with Crippen molar-refractivity contribution >= 4 is 5.91 Å². The van der Waals surface area contributed by atoms with E-state index in [9.17, 15) is 40.5 Å². The molecule has 1 aromatic rings. The van der Waals surface area contributed by atoms with E-state index < -0.39 is 80.3 Å². The first-order valence-corrected chi connectivity index (χ1v) is 10.2. The van der Waals surface area contributed by atoms with Gasteiger partial charge in [-0.05, 0) is 5.56 Å². The van der Waals surface area contributed by atoms with Gasteiger partial charge in [0.05, 0.1) is 19.3 Å². The SMILES string of the molecule is C=CC(NC(=O)[C@H](O[C@@H]1O[C@H](CO)[C@H](O)[C@H](O)[C@H]1O)[C@@H](O)[C@H](O)[C@H](O)CO)c1ccccc1. The van der Waals surface area contributed by atoms with Gasteiger partial charge in [0.25, 0.3) is 5.91 Å². The zero-order valence-corrected chi connectivity index (χ0v) is 17.7. The fraction of sp³-hybridized carbons (Fsp3) is 0.571. The van der Waals surface area contributed by atoms with Gasteiger partial charge < -0.3 is 55.6 Å². The van der Waals surface area contributed by atoms with E-state index in [0.29, 0.717) is 5.56 Å². The molecule has 12 heteroatoms. The van der Waals surface area contributed by atoms with Crippen LogP contribution in [0.25, 0.3) is 0 Å². The summed E-state index contributed by atoms with van der Waals surface area (Å²) in [5.41, 5.74) is 0.623. The molecule has 186 valence electrons. The second-order valence-electron chi connectivity index (χ2n) is 7.62. The quantitative estimate of drug-likeness (QED) is 0.143. The van der Waals surface area contributed by atoms with Crippen LogP contribution in [0.15, 0.2) is 43.0 Å². The van der Waals surface area contributed by atoms with E-state index in [-0.39, 0.29) is 0 Å². The molecule has 0 spiro atoms. The molecule has 0 bridgehead atoms. The molecule has 1 heterocycles. The maximum atomic E-state index is 13.0. The number of nitrogens with one attached hydrogen (secondary N) is 1. The Bertz CT molecular complexity index is 749. The maximum Gasteiger partial charge on any atom is 0.252 e. The Labute approximate surface area is 190 Å². The van der Waals surface area contributed by atoms with Crippen molar-refractivity contribution < 1.29 is 55.1 Å². The van der Waals surface area contributed by atoms with Gasteiger partial charge >= 0.3 is 0 Å². The smallest absolute Gasteiger partial charge is 0.252 e. The van der Waals surface area contributed by atoms with Gasteiger partial charge in [-0.15, -0.1) is 6.58 Å². The van der Waals surface area contributed by atoms with Crippen LogP contribution in [0.2, 0.25) is 0 Å². The molecule has 0 saturated carbocycles. The van der Waals surface area contributed by atoms with Crippen molar-refractivity contribution in [3.8, 4) is 0 Å². The molecule has 0 aromatic heterocycles. The van der Waals surface area contributed by atoms with Gasteiger partial charge in [-0.2, -0.15) is 0 Å². The van der Waals surface area contributed by atoms with Crippen molar-refractivity contribution in [2.24, 2.45) is 0 Å². The summed E-state index contributed by atoms with van der Waals surface area (Å²) in [6, 6.07) is 7.83. The van der Waals surface area contributed by atoms with E-state index >= 15 is 0 Å². The molecule has 10 atom stereocenters. The Morgan fingerprint density at radius 2 is 1.70 bits per heavy atom. The number of ether oxygens (including phenoxy) is 2. The minimum absolute atomic E-state index is 0.623. The molecule has 33 heavy (non-hydrogen) atoms. The number of rotatable bonds is 11. The van der Waals surface area contributed by atoms with Crippen LogP contribution in [0.5, 0.6) is 0 Å². The fourth-order valence-electron chi connectivity index (χ4n) is 3.31. The number of benzene rings is 1. The molecule has 1 fully saturated rings. The predicted octanol–water partition coefficient (Wildman–Crippen LogP) is -3.71. The molecule has 1 aromatic carbocycles. The number of aliphatic hydroxyl groups is 8. The molecule has 1 unspecified atom stereocenters. The second-order valence-corrected chi connectivity index (χ2v) is 7.62. The highest BCUT2D eigenvalue weighted by Crippen LogP contribution is 2.25. The molecular formula is C21H31NO11. The van der Waals surface area contributed by atoms with Crippen LogP contribution in [-0.2, 0) is 14.3 Å². The Balaban J connectivity index is 2.29. The summed E-state index contributed by atoms with van der Waals surface area (Å²) in [4.78, 5) is 13.0. The summed E-state index contributed by atoms with van der Waals surface area (Å²) in [5.74, 6) is -1.02. The van der Waals surface area contributed by atoms with Crippen LogP contribution in [0, 0.1) is 0 Å². The van der Waals surface area contributed by atoms with Crippen LogP contribution in [0.3, 0.4) is 0 Å². The Morgan fingerprint density at radius 3 is 2.24 bits per heavy atom. The lowest BCUT2D eigenvalue weighted by Gasteiger charge is -2.41. The summed E-state index contributed by atoms with van der Waals surface area (Å²) in [5, 5.41) is 81.4. The molecule has 1 aliphatic heterocycles. The minimum atomic E-state index is -2.12. The van der Waals surface area contributed by atoms with Crippen molar-refractivity contribution in [2.75, 3.05) is 13.2 Å². The lowest BCUT2D eigenvalue weighted by molar-refractivity contribution is -0.316. The summed E-state index contributed by atoms with van der Waals surface area (Å²) >= 11 is 0. The third-order valence-electron chi connectivity index (χ3n) is 5.32. The van der Waals surface area contributed by atoms with Crippen LogP contribution in [0.1, 0.15) is 11.6 Å². The Morgan fingerprint density at radius 1 is 1.06 bits per heavy atom. The molecule has 1 amide bonds. The lowest BCUT2D eigenvalue weighted by Crippen LogP contribution is -2.62. The number of amides is 1. The summed E-state index contributed by atoms with van der Waals surface area (Å²) < 4.78 is 10.6. The lowest BCUT2D eigenvalue weighted by atomic mass is 9.98. The largest absolute Gasteiger partial charge is 0.394 e. The van der Waals surface area contributed by atoms with Gasteiger partial charge in [0.15, 0.2) is 12.4 Å². The van der Waals surface area contributed by atoms with Crippen molar-refractivity contribution in [3.05, 3.63) is 48.6 Å². The zero-order chi connectivity index (χ0) is 24.7. The zero-order valence-electron chi connectivity index (χ0n) is 17.7. The van der Waals surface area contributed by atoms with Gasteiger partial charge in [-0.1, -0.05) is 36.4 Å². The predicted molar refractivity (Wildman–Crippen MR) is 111 cm³/mol. The normalized spacial score (nSPS) is 30.0. The van der Waals surface area contributed by atoms with E-state index in [1.807, 2.05) is 0 Å². The Hall–Kier alpha value is -1.97. The topological polar surface area (TPSA) is 209 Å². The molecule has 0 aliphatic carbocycles. The number of aliphatic hydroxyl groups excluding tert-OH is 8. The van der Waals surface area contributed by atoms with Gasteiger partial charge in [0, 0.05) is 0 Å². The van der Waals surface area contributed by atoms with E-state index in [0.717, 1.165) is 0 Å². The molecule has 1 saturated heterocycles. The maximum absolute atomic E-state index is 13.0. The van der Waals surface area contributed by atoms with Gasteiger partial charge in [0.1, 0.15) is 42.7 Å². The molecule has 0 radical (unpaired) electrons. The Kier molecular flexibility index (Phi) is 10.3. The van der Waals surface area contributed by atoms with Crippen LogP contribution < -0.4 is 5.32 Å². The standard InChI is InChI=1S/C21H31NO11/c1-2-11(10-6-4-3-5-7-10)22-20(31)19(17(29)14(26)12(25)8-23)33-21-18(30)16(28)15(27)13(9-24)32-21/h2-7,11-19,21,23-30H,1,8-9H2,(H,22,31)/t11?,12-,13-,14-,15+,16+,17+,18-,19-,21+/m1/s1. The number of carbonyl (C=O) groups is 1. The number of carbonyl (C=O) groups excluding carboxylic acids is 1. The summed E-state index contributed by atoms with van der Waals surface area (Å²) in [7, 11) is 0. The molecular weight excluding hydrogens is 442 g/mol. The highest BCUT2D eigenvalue weighted by Gasteiger charge is 2.47. The average molecular weight is 473 g/mol.